The molecule has 0 aromatic heterocycles. The molecule has 3 N–H and O–H groups in total. The molecule has 5 nitrogen and oxygen atoms in total. The zero-order chi connectivity index (χ0) is 13.4. The molecule has 18 heavy (non-hydrogen) atoms. The molecular formula is C13H22N2O3. The Balaban J connectivity index is 2.11. The summed E-state index contributed by atoms with van der Waals surface area (Å²) >= 11 is 0. The van der Waals surface area contributed by atoms with E-state index >= 15 is 0 Å². The molecule has 2 saturated heterocycles. The maximum Gasteiger partial charge on any atom is 0.308 e. The second-order valence-electron chi connectivity index (χ2n) is 5.64. The molecule has 1 amide bonds. The van der Waals surface area contributed by atoms with Gasteiger partial charge in [-0.05, 0) is 25.2 Å². The van der Waals surface area contributed by atoms with Crippen molar-refractivity contribution >= 4 is 11.9 Å². The molecule has 5 atom stereocenters. The number of carboxylic acids is 1. The summed E-state index contributed by atoms with van der Waals surface area (Å²) < 4.78 is 0. The molecule has 2 aliphatic heterocycles. The van der Waals surface area contributed by atoms with Gasteiger partial charge in [0.2, 0.25) is 5.91 Å². The van der Waals surface area contributed by atoms with Crippen LogP contribution in [0.2, 0.25) is 0 Å². The molecule has 5 heteroatoms. The Morgan fingerprint density at radius 3 is 2.61 bits per heavy atom. The predicted octanol–water partition coefficient (Wildman–Crippen LogP) is 0.824. The van der Waals surface area contributed by atoms with E-state index in [9.17, 15) is 9.59 Å². The number of fused-ring (bicyclic) bond motifs is 2. The summed E-state index contributed by atoms with van der Waals surface area (Å²) in [6.45, 7) is 3.98. The fourth-order valence-electron chi connectivity index (χ4n) is 3.27. The summed E-state index contributed by atoms with van der Waals surface area (Å²) in [6, 6.07) is -0.528. The van der Waals surface area contributed by atoms with E-state index in [-0.39, 0.29) is 23.9 Å². The zero-order valence-electron chi connectivity index (χ0n) is 11.0. The van der Waals surface area contributed by atoms with Crippen molar-refractivity contribution in [1.29, 1.82) is 0 Å². The van der Waals surface area contributed by atoms with Gasteiger partial charge in [-0.15, -0.1) is 0 Å². The molecule has 0 aliphatic carbocycles. The van der Waals surface area contributed by atoms with Crippen LogP contribution in [0.4, 0.5) is 0 Å². The molecule has 2 aliphatic rings. The van der Waals surface area contributed by atoms with Crippen LogP contribution in [0.5, 0.6) is 0 Å². The number of aliphatic carboxylic acids is 1. The third kappa shape index (κ3) is 2.00. The highest BCUT2D eigenvalue weighted by atomic mass is 16.4. The molecule has 0 spiro atoms. The summed E-state index contributed by atoms with van der Waals surface area (Å²) in [7, 11) is 0. The third-order valence-electron chi connectivity index (χ3n) is 4.65. The maximum absolute atomic E-state index is 12.4. The van der Waals surface area contributed by atoms with Gasteiger partial charge in [-0.25, -0.2) is 0 Å². The molecule has 2 fully saturated rings. The van der Waals surface area contributed by atoms with E-state index < -0.39 is 17.9 Å². The van der Waals surface area contributed by atoms with Crippen LogP contribution in [0, 0.1) is 11.8 Å². The molecular weight excluding hydrogens is 232 g/mol. The number of hydrogen-bond donors (Lipinski definition) is 2. The summed E-state index contributed by atoms with van der Waals surface area (Å²) in [5, 5.41) is 9.16. The highest BCUT2D eigenvalue weighted by Crippen LogP contribution is 2.42. The van der Waals surface area contributed by atoms with Crippen molar-refractivity contribution in [2.24, 2.45) is 17.6 Å². The van der Waals surface area contributed by atoms with E-state index in [1.165, 1.54) is 0 Å². The Labute approximate surface area is 107 Å². The second kappa shape index (κ2) is 4.88. The van der Waals surface area contributed by atoms with Gasteiger partial charge in [0.1, 0.15) is 0 Å². The average molecular weight is 254 g/mol. The van der Waals surface area contributed by atoms with Gasteiger partial charge in [0, 0.05) is 12.1 Å². The van der Waals surface area contributed by atoms with Gasteiger partial charge in [0.25, 0.3) is 0 Å². The van der Waals surface area contributed by atoms with Gasteiger partial charge in [0.15, 0.2) is 0 Å². The number of rotatable bonds is 4. The summed E-state index contributed by atoms with van der Waals surface area (Å²) in [4.78, 5) is 25.3. The van der Waals surface area contributed by atoms with Crippen LogP contribution in [-0.4, -0.2) is 40.0 Å². The molecule has 2 heterocycles. The van der Waals surface area contributed by atoms with Crippen LogP contribution < -0.4 is 5.73 Å². The zero-order valence-corrected chi connectivity index (χ0v) is 11.0. The van der Waals surface area contributed by atoms with Gasteiger partial charge in [0.05, 0.1) is 12.0 Å². The van der Waals surface area contributed by atoms with Crippen molar-refractivity contribution in [3.05, 3.63) is 0 Å². The summed E-state index contributed by atoms with van der Waals surface area (Å²) in [5.41, 5.74) is 5.99. The van der Waals surface area contributed by atoms with Crippen LogP contribution in [0.3, 0.4) is 0 Å². The van der Waals surface area contributed by atoms with Crippen molar-refractivity contribution in [2.45, 2.75) is 57.7 Å². The average Bonchev–Trinajstić information content (AvgIpc) is 2.93. The van der Waals surface area contributed by atoms with Crippen LogP contribution in [0.25, 0.3) is 0 Å². The number of hydrogen-bond acceptors (Lipinski definition) is 3. The Hall–Kier alpha value is -1.10. The van der Waals surface area contributed by atoms with E-state index in [0.717, 1.165) is 19.3 Å². The standard InChI is InChI=1S/C13H22N2O3/c1-3-7(2)11(14)12(16)15-8-4-5-10(15)9(6-8)13(17)18/h7-11H,3-6,14H2,1-2H3,(H,17,18)/t7?,8?,9?,10?,11-/m0/s1. The van der Waals surface area contributed by atoms with Gasteiger partial charge in [-0.3, -0.25) is 9.59 Å². The normalized spacial score (nSPS) is 33.5. The lowest BCUT2D eigenvalue weighted by molar-refractivity contribution is -0.143. The highest BCUT2D eigenvalue weighted by molar-refractivity contribution is 5.84. The molecule has 0 aromatic rings. The van der Waals surface area contributed by atoms with E-state index in [2.05, 4.69) is 0 Å². The molecule has 0 saturated carbocycles. The minimum Gasteiger partial charge on any atom is -0.481 e. The molecule has 0 aromatic carbocycles. The summed E-state index contributed by atoms with van der Waals surface area (Å²) in [6.07, 6.45) is 3.19. The molecule has 0 radical (unpaired) electrons. The first-order valence-electron chi connectivity index (χ1n) is 6.77. The number of carbonyl (C=O) groups is 2. The quantitative estimate of drug-likeness (QED) is 0.778. The Morgan fingerprint density at radius 1 is 1.44 bits per heavy atom. The van der Waals surface area contributed by atoms with Gasteiger partial charge >= 0.3 is 5.97 Å². The Bertz CT molecular complexity index is 358. The fraction of sp³-hybridized carbons (Fsp3) is 0.846. The minimum absolute atomic E-state index is 0.0550. The minimum atomic E-state index is -0.780. The van der Waals surface area contributed by atoms with Crippen molar-refractivity contribution in [3.63, 3.8) is 0 Å². The van der Waals surface area contributed by atoms with E-state index in [0.29, 0.717) is 6.42 Å². The maximum atomic E-state index is 12.4. The topological polar surface area (TPSA) is 83.6 Å². The van der Waals surface area contributed by atoms with Gasteiger partial charge in [-0.2, -0.15) is 0 Å². The number of amides is 1. The van der Waals surface area contributed by atoms with Crippen molar-refractivity contribution in [2.75, 3.05) is 0 Å². The second-order valence-corrected chi connectivity index (χ2v) is 5.64. The van der Waals surface area contributed by atoms with Gasteiger partial charge in [-0.1, -0.05) is 20.3 Å². The first-order chi connectivity index (χ1) is 8.47. The number of carbonyl (C=O) groups excluding carboxylic acids is 1. The van der Waals surface area contributed by atoms with Crippen LogP contribution in [-0.2, 0) is 9.59 Å². The monoisotopic (exact) mass is 254 g/mol. The van der Waals surface area contributed by atoms with E-state index in [1.807, 2.05) is 13.8 Å². The van der Waals surface area contributed by atoms with Gasteiger partial charge < -0.3 is 15.7 Å². The smallest absolute Gasteiger partial charge is 0.308 e. The van der Waals surface area contributed by atoms with Crippen LogP contribution in [0.15, 0.2) is 0 Å². The SMILES string of the molecule is CCC(C)[C@H](N)C(=O)N1C2CCC1C(C(=O)O)C2. The Morgan fingerprint density at radius 2 is 2.11 bits per heavy atom. The van der Waals surface area contributed by atoms with Crippen molar-refractivity contribution < 1.29 is 14.7 Å². The summed E-state index contributed by atoms with van der Waals surface area (Å²) in [5.74, 6) is -1.09. The lowest BCUT2D eigenvalue weighted by atomic mass is 9.89. The first-order valence-corrected chi connectivity index (χ1v) is 6.77. The van der Waals surface area contributed by atoms with Crippen molar-refractivity contribution in [1.82, 2.24) is 4.90 Å². The molecule has 2 rings (SSSR count). The lowest BCUT2D eigenvalue weighted by Crippen LogP contribution is -2.49. The number of nitrogens with zero attached hydrogens (tertiary/aromatic N) is 1. The highest BCUT2D eigenvalue weighted by Gasteiger charge is 2.52. The molecule has 2 bridgehead atoms. The third-order valence-corrected chi connectivity index (χ3v) is 4.65. The Kier molecular flexibility index (Phi) is 3.61. The molecule has 4 unspecified atom stereocenters. The van der Waals surface area contributed by atoms with E-state index in [4.69, 9.17) is 10.8 Å². The van der Waals surface area contributed by atoms with Crippen LogP contribution in [0.1, 0.15) is 39.5 Å². The van der Waals surface area contributed by atoms with Crippen LogP contribution >= 0.6 is 0 Å². The fourth-order valence-corrected chi connectivity index (χ4v) is 3.27. The van der Waals surface area contributed by atoms with Crippen molar-refractivity contribution in [3.8, 4) is 0 Å². The number of carboxylic acid groups (broad SMARTS) is 1. The number of nitrogens with two attached hydrogens (primary N) is 1. The largest absolute Gasteiger partial charge is 0.481 e. The predicted molar refractivity (Wildman–Crippen MR) is 66.8 cm³/mol. The van der Waals surface area contributed by atoms with E-state index in [1.54, 1.807) is 4.90 Å². The first kappa shape index (κ1) is 13.3. The lowest BCUT2D eigenvalue weighted by Gasteiger charge is -2.28. The molecule has 102 valence electrons.